The second kappa shape index (κ2) is 16.8. The number of hydrogen-bond acceptors (Lipinski definition) is 6. The fourth-order valence-electron chi connectivity index (χ4n) is 4.81. The van der Waals surface area contributed by atoms with Crippen molar-refractivity contribution < 1.29 is 28.8 Å². The van der Waals surface area contributed by atoms with Gasteiger partial charge in [0.15, 0.2) is 0 Å². The lowest BCUT2D eigenvalue weighted by molar-refractivity contribution is -0.123. The number of nitrogens with zero attached hydrogens (tertiary/aromatic N) is 3. The highest BCUT2D eigenvalue weighted by Crippen LogP contribution is 2.38. The lowest BCUT2D eigenvalue weighted by Gasteiger charge is -2.23. The third-order valence-corrected chi connectivity index (χ3v) is 6.99. The molecule has 9 heteroatoms. The second-order valence-electron chi connectivity index (χ2n) is 10.3. The van der Waals surface area contributed by atoms with Crippen LogP contribution in [-0.2, 0) is 28.8 Å². The zero-order chi connectivity index (χ0) is 31.4. The molecule has 0 bridgehead atoms. The average Bonchev–Trinajstić information content (AvgIpc) is 3.48. The van der Waals surface area contributed by atoms with Gasteiger partial charge < -0.3 is 0 Å². The molecular weight excluding hydrogens is 522 g/mol. The van der Waals surface area contributed by atoms with Crippen molar-refractivity contribution in [2.75, 3.05) is 14.7 Å². The molecule has 3 heterocycles. The lowest BCUT2D eigenvalue weighted by atomic mass is 10.1. The van der Waals surface area contributed by atoms with Gasteiger partial charge in [-0.25, -0.2) is 0 Å². The summed E-state index contributed by atoms with van der Waals surface area (Å²) in [5.41, 5.74) is 0.381. The summed E-state index contributed by atoms with van der Waals surface area (Å²) in [6, 6.07) is 4.21. The van der Waals surface area contributed by atoms with E-state index in [9.17, 15) is 28.8 Å². The highest BCUT2D eigenvalue weighted by molar-refractivity contribution is 6.25. The van der Waals surface area contributed by atoms with Gasteiger partial charge in [-0.15, -0.1) is 0 Å². The summed E-state index contributed by atoms with van der Waals surface area (Å²) in [5, 5.41) is 0. The first-order valence-electron chi connectivity index (χ1n) is 15.3. The van der Waals surface area contributed by atoms with Crippen LogP contribution in [0.4, 0.5) is 17.1 Å². The minimum Gasteiger partial charge on any atom is -0.274 e. The van der Waals surface area contributed by atoms with Gasteiger partial charge in [-0.2, -0.15) is 0 Å². The van der Waals surface area contributed by atoms with Gasteiger partial charge in [0, 0.05) is 37.0 Å². The lowest BCUT2D eigenvalue weighted by Crippen LogP contribution is -2.34. The fraction of sp³-hybridized carbons (Fsp3) is 0.625. The van der Waals surface area contributed by atoms with E-state index in [1.54, 1.807) is 20.8 Å². The van der Waals surface area contributed by atoms with Crippen LogP contribution in [0.25, 0.3) is 0 Å². The number of benzene rings is 1. The monoisotopic (exact) mass is 571 g/mol. The first-order chi connectivity index (χ1) is 19.5. The maximum Gasteiger partial charge on any atom is 0.237 e. The molecule has 3 aliphatic heterocycles. The number of carbonyl (C=O) groups excluding carboxylic acids is 6. The summed E-state index contributed by atoms with van der Waals surface area (Å²) in [5.74, 6) is -4.02. The van der Waals surface area contributed by atoms with E-state index in [0.29, 0.717) is 0 Å². The van der Waals surface area contributed by atoms with Crippen molar-refractivity contribution >= 4 is 52.5 Å². The van der Waals surface area contributed by atoms with E-state index in [1.165, 1.54) is 50.3 Å². The molecule has 4 rings (SSSR count). The summed E-state index contributed by atoms with van der Waals surface area (Å²) in [4.78, 5) is 77.9. The Hall–Kier alpha value is -3.36. The molecular formula is C32H49N3O6. The largest absolute Gasteiger partial charge is 0.274 e. The van der Waals surface area contributed by atoms with E-state index >= 15 is 0 Å². The van der Waals surface area contributed by atoms with Crippen molar-refractivity contribution in [3.05, 3.63) is 18.2 Å². The van der Waals surface area contributed by atoms with E-state index in [4.69, 9.17) is 0 Å². The molecule has 0 aliphatic carbocycles. The maximum absolute atomic E-state index is 12.6. The Morgan fingerprint density at radius 1 is 0.512 bits per heavy atom. The average molecular weight is 572 g/mol. The quantitative estimate of drug-likeness (QED) is 0.276. The number of rotatable bonds is 7. The second-order valence-corrected chi connectivity index (χ2v) is 10.3. The van der Waals surface area contributed by atoms with Gasteiger partial charge in [-0.05, 0) is 18.2 Å². The third-order valence-electron chi connectivity index (χ3n) is 6.99. The molecule has 3 unspecified atom stereocenters. The first kappa shape index (κ1) is 35.7. The molecule has 6 amide bonds. The van der Waals surface area contributed by atoms with Gasteiger partial charge in [-0.1, -0.05) is 94.4 Å². The number of carbonyl (C=O) groups is 6. The van der Waals surface area contributed by atoms with E-state index in [-0.39, 0.29) is 36.3 Å². The zero-order valence-electron chi connectivity index (χ0n) is 26.4. The van der Waals surface area contributed by atoms with Gasteiger partial charge >= 0.3 is 0 Å². The smallest absolute Gasteiger partial charge is 0.237 e. The maximum atomic E-state index is 12.6. The molecule has 41 heavy (non-hydrogen) atoms. The predicted molar refractivity (Wildman–Crippen MR) is 162 cm³/mol. The number of hydrogen-bond donors (Lipinski definition) is 0. The van der Waals surface area contributed by atoms with Crippen LogP contribution in [0, 0.1) is 17.8 Å². The fourth-order valence-corrected chi connectivity index (χ4v) is 4.81. The van der Waals surface area contributed by atoms with Crippen LogP contribution in [0.5, 0.6) is 0 Å². The van der Waals surface area contributed by atoms with Crippen molar-refractivity contribution in [1.29, 1.82) is 0 Å². The van der Waals surface area contributed by atoms with Crippen molar-refractivity contribution in [2.45, 2.75) is 114 Å². The minimum atomic E-state index is -0.505. The van der Waals surface area contributed by atoms with E-state index < -0.39 is 53.2 Å². The van der Waals surface area contributed by atoms with Crippen molar-refractivity contribution in [3.8, 4) is 0 Å². The molecule has 0 saturated carbocycles. The van der Waals surface area contributed by atoms with E-state index in [0.717, 1.165) is 14.7 Å². The highest BCUT2D eigenvalue weighted by Gasteiger charge is 2.42. The van der Waals surface area contributed by atoms with Crippen LogP contribution in [0.1, 0.15) is 114 Å². The summed E-state index contributed by atoms with van der Waals surface area (Å²) in [6.45, 7) is 17.4. The Balaban J connectivity index is 0.000000662. The summed E-state index contributed by atoms with van der Waals surface area (Å²) in [7, 11) is 0. The van der Waals surface area contributed by atoms with Crippen LogP contribution >= 0.6 is 0 Å². The first-order valence-corrected chi connectivity index (χ1v) is 15.3. The Morgan fingerprint density at radius 2 is 0.756 bits per heavy atom. The van der Waals surface area contributed by atoms with Crippen molar-refractivity contribution in [2.24, 2.45) is 17.8 Å². The standard InChI is InChI=1S/C21H21N3O6.C7H16.2C2H6/c1-10-4-16(25)22(19(10)28)13-7-14(23-17(26)5-11(2)20(23)29)9-15(8-13)24-18(27)6-12(3)21(24)30;1-3-5-7-6-4-2;2*1-2/h7-12H,4-6H2,1-3H3;3-7H2,1-2H3;2*1-2H3. The molecule has 3 saturated heterocycles. The van der Waals surface area contributed by atoms with Gasteiger partial charge in [0.05, 0.1) is 17.1 Å². The van der Waals surface area contributed by atoms with Gasteiger partial charge in [0.2, 0.25) is 35.4 Å². The molecule has 0 radical (unpaired) electrons. The van der Waals surface area contributed by atoms with E-state index in [2.05, 4.69) is 13.8 Å². The van der Waals surface area contributed by atoms with E-state index in [1.807, 2.05) is 27.7 Å². The zero-order valence-corrected chi connectivity index (χ0v) is 26.4. The van der Waals surface area contributed by atoms with Gasteiger partial charge in [-0.3, -0.25) is 43.5 Å². The van der Waals surface area contributed by atoms with Gasteiger partial charge in [0.1, 0.15) is 0 Å². The number of unbranched alkanes of at least 4 members (excludes halogenated alkanes) is 4. The van der Waals surface area contributed by atoms with Crippen LogP contribution in [0.15, 0.2) is 18.2 Å². The van der Waals surface area contributed by atoms with Gasteiger partial charge in [0.25, 0.3) is 0 Å². The predicted octanol–water partition coefficient (Wildman–Crippen LogP) is 6.41. The van der Waals surface area contributed by atoms with Crippen molar-refractivity contribution in [3.63, 3.8) is 0 Å². The molecule has 3 aliphatic rings. The Kier molecular flexibility index (Phi) is 14.6. The SMILES string of the molecule is CC.CC.CC1CC(=O)N(c2cc(N3C(=O)CC(C)C3=O)cc(N3C(=O)CC(C)C3=O)c2)C1=O.CCCCCCC. The Morgan fingerprint density at radius 3 is 0.927 bits per heavy atom. The molecule has 0 spiro atoms. The Labute approximate surface area is 245 Å². The third kappa shape index (κ3) is 8.33. The molecule has 3 fully saturated rings. The van der Waals surface area contributed by atoms with Crippen LogP contribution in [0.3, 0.4) is 0 Å². The summed E-state index contributed by atoms with van der Waals surface area (Å²) >= 11 is 0. The van der Waals surface area contributed by atoms with Crippen LogP contribution in [-0.4, -0.2) is 35.4 Å². The molecule has 0 aromatic heterocycles. The minimum absolute atomic E-state index is 0.0373. The normalized spacial score (nSPS) is 21.9. The topological polar surface area (TPSA) is 112 Å². The number of anilines is 3. The summed E-state index contributed by atoms with van der Waals surface area (Å²) in [6.07, 6.45) is 7.12. The molecule has 0 N–H and O–H groups in total. The highest BCUT2D eigenvalue weighted by atomic mass is 16.2. The Bertz CT molecular complexity index is 970. The molecule has 9 nitrogen and oxygen atoms in total. The van der Waals surface area contributed by atoms with Crippen molar-refractivity contribution in [1.82, 2.24) is 0 Å². The number of imide groups is 3. The molecule has 1 aromatic carbocycles. The van der Waals surface area contributed by atoms with Crippen LogP contribution < -0.4 is 14.7 Å². The number of amides is 6. The molecule has 1 aromatic rings. The molecule has 228 valence electrons. The summed E-state index contributed by atoms with van der Waals surface area (Å²) < 4.78 is 0. The van der Waals surface area contributed by atoms with Crippen LogP contribution in [0.2, 0.25) is 0 Å². The molecule has 3 atom stereocenters.